The van der Waals surface area contributed by atoms with Crippen molar-refractivity contribution in [1.82, 2.24) is 0 Å². The van der Waals surface area contributed by atoms with E-state index in [2.05, 4.69) is 0 Å². The molecule has 120 valence electrons. The third kappa shape index (κ3) is 3.42. The van der Waals surface area contributed by atoms with Crippen molar-refractivity contribution in [1.29, 1.82) is 0 Å². The van der Waals surface area contributed by atoms with E-state index in [0.29, 0.717) is 10.6 Å². The minimum atomic E-state index is -4.45. The minimum absolute atomic E-state index is 0. The maximum atomic E-state index is 12.2. The Morgan fingerprint density at radius 3 is 2.38 bits per heavy atom. The summed E-state index contributed by atoms with van der Waals surface area (Å²) >= 11 is 6.06. The van der Waals surface area contributed by atoms with Gasteiger partial charge in [0.2, 0.25) is 0 Å². The van der Waals surface area contributed by atoms with E-state index < -0.39 is 26.7 Å². The number of rotatable bonds is 3. The second-order valence-electron chi connectivity index (χ2n) is 4.97. The van der Waals surface area contributed by atoms with Crippen LogP contribution in [-0.4, -0.2) is 54.2 Å². The summed E-state index contributed by atoms with van der Waals surface area (Å²) in [6, 6.07) is 10.3. The van der Waals surface area contributed by atoms with Gasteiger partial charge in [-0.15, -0.1) is 0 Å². The molecule has 3 rings (SSSR count). The topological polar surface area (TPSA) is 91.8 Å². The Kier molecular flexibility index (Phi) is 5.54. The first-order chi connectivity index (χ1) is 10.8. The van der Waals surface area contributed by atoms with Crippen LogP contribution >= 0.6 is 11.6 Å². The SMILES string of the molecule is O=C1C(=O)N(Cc2ccccc2Cl)c2ccc(S(=O)(=O)O)cc21.[NaH]. The van der Waals surface area contributed by atoms with E-state index in [1.807, 2.05) is 0 Å². The molecule has 1 amide bonds. The summed E-state index contributed by atoms with van der Waals surface area (Å²) in [4.78, 5) is 25.0. The Hall–Kier alpha value is -1.22. The molecule has 9 heteroatoms. The van der Waals surface area contributed by atoms with E-state index in [0.717, 1.165) is 12.1 Å². The summed E-state index contributed by atoms with van der Waals surface area (Å²) in [6.07, 6.45) is 0. The summed E-state index contributed by atoms with van der Waals surface area (Å²) in [5.74, 6) is -1.59. The third-order valence-electron chi connectivity index (χ3n) is 3.53. The molecule has 1 aliphatic heterocycles. The first-order valence-corrected chi connectivity index (χ1v) is 8.32. The monoisotopic (exact) mass is 375 g/mol. The molecule has 0 saturated heterocycles. The van der Waals surface area contributed by atoms with Crippen molar-refractivity contribution in [3.05, 3.63) is 58.6 Å². The number of carbonyl (C=O) groups excluding carboxylic acids is 2. The molecule has 0 unspecified atom stereocenters. The first-order valence-electron chi connectivity index (χ1n) is 6.50. The van der Waals surface area contributed by atoms with Crippen LogP contribution in [0.25, 0.3) is 0 Å². The van der Waals surface area contributed by atoms with E-state index in [-0.39, 0.29) is 47.4 Å². The second kappa shape index (κ2) is 6.95. The average molecular weight is 376 g/mol. The van der Waals surface area contributed by atoms with Gasteiger partial charge < -0.3 is 4.90 Å². The molecule has 1 aliphatic rings. The van der Waals surface area contributed by atoms with Crippen LogP contribution in [0.2, 0.25) is 5.02 Å². The molecule has 0 fully saturated rings. The number of fused-ring (bicyclic) bond motifs is 1. The number of hydrogen-bond acceptors (Lipinski definition) is 4. The van der Waals surface area contributed by atoms with Gasteiger partial charge in [0.15, 0.2) is 0 Å². The number of amides is 1. The fourth-order valence-electron chi connectivity index (χ4n) is 2.39. The quantitative estimate of drug-likeness (QED) is 0.500. The van der Waals surface area contributed by atoms with Crippen molar-refractivity contribution < 1.29 is 22.6 Å². The molecule has 2 aromatic rings. The van der Waals surface area contributed by atoms with E-state index in [9.17, 15) is 18.0 Å². The van der Waals surface area contributed by atoms with Crippen molar-refractivity contribution in [3.8, 4) is 0 Å². The zero-order valence-electron chi connectivity index (χ0n) is 11.6. The van der Waals surface area contributed by atoms with Crippen LogP contribution in [0.1, 0.15) is 15.9 Å². The van der Waals surface area contributed by atoms with Gasteiger partial charge in [0.25, 0.3) is 21.8 Å². The molecule has 24 heavy (non-hydrogen) atoms. The number of hydrogen-bond donors (Lipinski definition) is 1. The molecule has 6 nitrogen and oxygen atoms in total. The van der Waals surface area contributed by atoms with Crippen molar-refractivity contribution in [3.63, 3.8) is 0 Å². The predicted molar refractivity (Wildman–Crippen MR) is 90.4 cm³/mol. The summed E-state index contributed by atoms with van der Waals surface area (Å²) < 4.78 is 31.4. The summed E-state index contributed by atoms with van der Waals surface area (Å²) in [5.41, 5.74) is 0.881. The molecule has 1 N–H and O–H groups in total. The van der Waals surface area contributed by atoms with Gasteiger partial charge in [0.1, 0.15) is 0 Å². The van der Waals surface area contributed by atoms with Crippen LogP contribution in [0.4, 0.5) is 5.69 Å². The molecule has 0 aliphatic carbocycles. The Balaban J connectivity index is 0.00000208. The van der Waals surface area contributed by atoms with Crippen molar-refractivity contribution in [2.24, 2.45) is 0 Å². The zero-order chi connectivity index (χ0) is 16.8. The van der Waals surface area contributed by atoms with Crippen LogP contribution in [0.15, 0.2) is 47.4 Å². The van der Waals surface area contributed by atoms with Gasteiger partial charge in [-0.3, -0.25) is 14.1 Å². The summed E-state index contributed by atoms with van der Waals surface area (Å²) in [5, 5.41) is 0.454. The zero-order valence-corrected chi connectivity index (χ0v) is 13.1. The van der Waals surface area contributed by atoms with E-state index in [1.165, 1.54) is 11.0 Å². The number of anilines is 1. The molecule has 0 atom stereocenters. The molecular weight excluding hydrogens is 365 g/mol. The Labute approximate surface area is 165 Å². The standard InChI is InChI=1S/C15H10ClNO5S.Na.H/c16-12-4-2-1-3-9(12)8-17-13-6-5-10(23(20,21)22)7-11(13)14(18)15(17)19;;/h1-7H,8H2,(H,20,21,22);;. The van der Waals surface area contributed by atoms with E-state index >= 15 is 0 Å². The Bertz CT molecular complexity index is 945. The van der Waals surface area contributed by atoms with Crippen LogP contribution in [0, 0.1) is 0 Å². The molecule has 0 aromatic heterocycles. The summed E-state index contributed by atoms with van der Waals surface area (Å²) in [6.45, 7) is 0.0858. The molecule has 0 saturated carbocycles. The number of ketones is 1. The third-order valence-corrected chi connectivity index (χ3v) is 4.75. The Morgan fingerprint density at radius 2 is 1.75 bits per heavy atom. The van der Waals surface area contributed by atoms with Crippen LogP contribution in [0.5, 0.6) is 0 Å². The number of benzene rings is 2. The molecule has 0 spiro atoms. The van der Waals surface area contributed by atoms with E-state index in [1.54, 1.807) is 24.3 Å². The fourth-order valence-corrected chi connectivity index (χ4v) is 3.10. The number of carbonyl (C=O) groups is 2. The fraction of sp³-hybridized carbons (Fsp3) is 0.0667. The second-order valence-corrected chi connectivity index (χ2v) is 6.79. The number of Topliss-reactive ketones (excluding diaryl/α,β-unsaturated/α-hetero) is 1. The van der Waals surface area contributed by atoms with Crippen molar-refractivity contribution in [2.45, 2.75) is 11.4 Å². The van der Waals surface area contributed by atoms with Crippen molar-refractivity contribution >= 4 is 68.7 Å². The van der Waals surface area contributed by atoms with Gasteiger partial charge in [-0.2, -0.15) is 8.42 Å². The molecular formula is C15H11ClNNaO5S. The molecule has 0 radical (unpaired) electrons. The van der Waals surface area contributed by atoms with E-state index in [4.69, 9.17) is 16.2 Å². The van der Waals surface area contributed by atoms with Gasteiger partial charge in [-0.05, 0) is 29.8 Å². The number of halogens is 1. The number of nitrogens with zero attached hydrogens (tertiary/aromatic N) is 1. The van der Waals surface area contributed by atoms with Gasteiger partial charge in [-0.1, -0.05) is 29.8 Å². The average Bonchev–Trinajstić information content (AvgIpc) is 2.73. The van der Waals surface area contributed by atoms with Crippen molar-refractivity contribution in [2.75, 3.05) is 4.90 Å². The van der Waals surface area contributed by atoms with Gasteiger partial charge in [0.05, 0.1) is 22.7 Å². The maximum absolute atomic E-state index is 12.2. The normalized spacial score (nSPS) is 13.7. The van der Waals surface area contributed by atoms with Gasteiger partial charge in [-0.25, -0.2) is 0 Å². The van der Waals surface area contributed by atoms with Gasteiger partial charge >= 0.3 is 29.6 Å². The molecule has 1 heterocycles. The molecule has 2 aromatic carbocycles. The van der Waals surface area contributed by atoms with Crippen LogP contribution < -0.4 is 4.90 Å². The Morgan fingerprint density at radius 1 is 1.08 bits per heavy atom. The summed E-state index contributed by atoms with van der Waals surface area (Å²) in [7, 11) is -4.45. The van der Waals surface area contributed by atoms with Crippen LogP contribution in [-0.2, 0) is 21.5 Å². The van der Waals surface area contributed by atoms with Crippen LogP contribution in [0.3, 0.4) is 0 Å². The molecule has 0 bridgehead atoms. The first kappa shape index (κ1) is 19.1. The predicted octanol–water partition coefficient (Wildman–Crippen LogP) is 1.67. The van der Waals surface area contributed by atoms with Gasteiger partial charge in [0, 0.05) is 5.02 Å².